The lowest BCUT2D eigenvalue weighted by molar-refractivity contribution is -0.0366. The average molecular weight is 523 g/mol. The van der Waals surface area contributed by atoms with E-state index in [1.807, 2.05) is 29.1 Å². The number of aromatic nitrogens is 5. The molecule has 0 saturated carbocycles. The fraction of sp³-hybridized carbons (Fsp3) is 0.462. The van der Waals surface area contributed by atoms with E-state index in [1.165, 1.54) is 11.8 Å². The second kappa shape index (κ2) is 9.38. The topological polar surface area (TPSA) is 87.4 Å². The summed E-state index contributed by atoms with van der Waals surface area (Å²) in [4.78, 5) is 16.3. The zero-order chi connectivity index (χ0) is 24.9. The van der Waals surface area contributed by atoms with Crippen molar-refractivity contribution in [3.05, 3.63) is 30.2 Å². The number of halogens is 1. The molecule has 0 N–H and O–H groups in total. The van der Waals surface area contributed by atoms with Gasteiger partial charge >= 0.3 is 0 Å². The highest BCUT2D eigenvalue weighted by Gasteiger charge is 2.33. The molecular weight excluding hydrogens is 495 g/mol. The normalized spacial score (nSPS) is 21.9. The molecule has 11 heteroatoms. The molecule has 2 fully saturated rings. The minimum atomic E-state index is -0.486. The molecule has 0 aliphatic carbocycles. The van der Waals surface area contributed by atoms with Crippen LogP contribution in [0.2, 0.25) is 0 Å². The van der Waals surface area contributed by atoms with Crippen molar-refractivity contribution in [3.8, 4) is 17.1 Å². The maximum atomic E-state index is 16.4. The predicted molar refractivity (Wildman–Crippen MR) is 139 cm³/mol. The lowest BCUT2D eigenvalue weighted by Gasteiger charge is -2.28. The summed E-state index contributed by atoms with van der Waals surface area (Å²) in [6.45, 7) is 3.04. The summed E-state index contributed by atoms with van der Waals surface area (Å²) in [5.74, 6) is 0.526. The number of benzene rings is 1. The Balaban J connectivity index is 1.43. The van der Waals surface area contributed by atoms with Gasteiger partial charge in [-0.1, -0.05) is 23.9 Å². The van der Waals surface area contributed by atoms with E-state index >= 15 is 4.39 Å². The number of pyridine rings is 1. The van der Waals surface area contributed by atoms with Crippen LogP contribution in [-0.4, -0.2) is 70.0 Å². The SMILES string of the molecule is CSc1nc2c3c(nc(-c4cccc5c4cnn5C4CCCCO4)c(F)c3n1)OC[C@@H]1COCCCN21. The van der Waals surface area contributed by atoms with Gasteiger partial charge < -0.3 is 19.1 Å². The maximum absolute atomic E-state index is 16.4. The van der Waals surface area contributed by atoms with Crippen molar-refractivity contribution in [1.29, 1.82) is 0 Å². The van der Waals surface area contributed by atoms with Gasteiger partial charge in [0.15, 0.2) is 17.2 Å². The smallest absolute Gasteiger partial charge is 0.227 e. The van der Waals surface area contributed by atoms with Crippen LogP contribution >= 0.6 is 11.8 Å². The minimum Gasteiger partial charge on any atom is -0.475 e. The third kappa shape index (κ3) is 3.82. The maximum Gasteiger partial charge on any atom is 0.227 e. The molecule has 2 saturated heterocycles. The summed E-state index contributed by atoms with van der Waals surface area (Å²) >= 11 is 1.39. The van der Waals surface area contributed by atoms with E-state index in [0.29, 0.717) is 47.6 Å². The van der Waals surface area contributed by atoms with Crippen molar-refractivity contribution in [1.82, 2.24) is 24.7 Å². The molecule has 1 unspecified atom stereocenters. The molecule has 9 nitrogen and oxygen atoms in total. The first kappa shape index (κ1) is 23.1. The molecule has 3 aliphatic heterocycles. The molecule has 4 aromatic rings. The fourth-order valence-corrected chi connectivity index (χ4v) is 5.89. The molecule has 0 amide bonds. The summed E-state index contributed by atoms with van der Waals surface area (Å²) in [6, 6.07) is 5.73. The Kier molecular flexibility index (Phi) is 5.86. The fourth-order valence-electron chi connectivity index (χ4n) is 5.53. The number of nitrogens with zero attached hydrogens (tertiary/aromatic N) is 6. The molecule has 1 aromatic carbocycles. The van der Waals surface area contributed by atoms with Crippen LogP contribution in [0.25, 0.3) is 33.1 Å². The second-order valence-electron chi connectivity index (χ2n) is 9.57. The van der Waals surface area contributed by atoms with Gasteiger partial charge in [0, 0.05) is 30.7 Å². The molecule has 3 aromatic heterocycles. The summed E-state index contributed by atoms with van der Waals surface area (Å²) in [7, 11) is 0. The van der Waals surface area contributed by atoms with Crippen LogP contribution in [0, 0.1) is 5.82 Å². The van der Waals surface area contributed by atoms with Gasteiger partial charge in [-0.05, 0) is 38.0 Å². The van der Waals surface area contributed by atoms with Gasteiger partial charge in [0.25, 0.3) is 0 Å². The van der Waals surface area contributed by atoms with Gasteiger partial charge in [-0.25, -0.2) is 24.0 Å². The van der Waals surface area contributed by atoms with E-state index in [0.717, 1.165) is 49.7 Å². The Morgan fingerprint density at radius 2 is 2.03 bits per heavy atom. The lowest BCUT2D eigenvalue weighted by Crippen LogP contribution is -2.41. The van der Waals surface area contributed by atoms with E-state index in [2.05, 4.69) is 15.0 Å². The molecular formula is C26H27FN6O3S. The Hall–Kier alpha value is -3.02. The molecule has 3 aliphatic rings. The first-order valence-corrected chi connectivity index (χ1v) is 14.0. The van der Waals surface area contributed by atoms with E-state index in [-0.39, 0.29) is 23.5 Å². The Bertz CT molecular complexity index is 1490. The van der Waals surface area contributed by atoms with E-state index in [4.69, 9.17) is 24.2 Å². The van der Waals surface area contributed by atoms with Gasteiger partial charge in [-0.2, -0.15) is 5.10 Å². The van der Waals surface area contributed by atoms with Crippen LogP contribution in [0.3, 0.4) is 0 Å². The van der Waals surface area contributed by atoms with Gasteiger partial charge in [-0.3, -0.25) is 0 Å². The van der Waals surface area contributed by atoms with E-state index < -0.39 is 5.82 Å². The van der Waals surface area contributed by atoms with Crippen LogP contribution in [0.1, 0.15) is 31.9 Å². The van der Waals surface area contributed by atoms with Crippen molar-refractivity contribution in [2.24, 2.45) is 0 Å². The number of hydrogen-bond donors (Lipinski definition) is 0. The quantitative estimate of drug-likeness (QED) is 0.283. The van der Waals surface area contributed by atoms with Gasteiger partial charge in [0.05, 0.1) is 24.4 Å². The van der Waals surface area contributed by atoms with Gasteiger partial charge in [-0.15, -0.1) is 0 Å². The number of thioether (sulfide) groups is 1. The van der Waals surface area contributed by atoms with Crippen molar-refractivity contribution in [2.45, 2.75) is 43.1 Å². The zero-order valence-corrected chi connectivity index (χ0v) is 21.3. The van der Waals surface area contributed by atoms with Crippen LogP contribution in [-0.2, 0) is 9.47 Å². The van der Waals surface area contributed by atoms with Crippen molar-refractivity contribution >= 4 is 39.4 Å². The Morgan fingerprint density at radius 3 is 2.89 bits per heavy atom. The van der Waals surface area contributed by atoms with E-state index in [9.17, 15) is 0 Å². The molecule has 2 atom stereocenters. The Morgan fingerprint density at radius 1 is 1.08 bits per heavy atom. The third-order valence-electron chi connectivity index (χ3n) is 7.34. The van der Waals surface area contributed by atoms with E-state index in [1.54, 1.807) is 6.20 Å². The van der Waals surface area contributed by atoms with Gasteiger partial charge in [0.1, 0.15) is 29.0 Å². The Labute approximate surface area is 217 Å². The molecule has 37 heavy (non-hydrogen) atoms. The summed E-state index contributed by atoms with van der Waals surface area (Å²) in [5.41, 5.74) is 1.95. The number of ether oxygens (including phenoxy) is 3. The highest BCUT2D eigenvalue weighted by atomic mass is 32.2. The second-order valence-corrected chi connectivity index (χ2v) is 10.3. The monoisotopic (exact) mass is 522 g/mol. The van der Waals surface area contributed by atoms with Crippen LogP contribution < -0.4 is 9.64 Å². The highest BCUT2D eigenvalue weighted by Crippen LogP contribution is 2.42. The van der Waals surface area contributed by atoms with Crippen molar-refractivity contribution < 1.29 is 18.6 Å². The minimum absolute atomic E-state index is 0.0341. The molecule has 192 valence electrons. The molecule has 7 rings (SSSR count). The summed E-state index contributed by atoms with van der Waals surface area (Å²) < 4.78 is 36.3. The molecule has 6 heterocycles. The van der Waals surface area contributed by atoms with Crippen LogP contribution in [0.4, 0.5) is 10.2 Å². The number of hydrogen-bond acceptors (Lipinski definition) is 9. The standard InChI is InChI=1S/C26H27FN6O3S/c1-37-26-30-23-20-24(31-26)32-9-5-10-34-13-15(32)14-36-25(20)29-22(21(23)27)16-6-4-7-18-17(16)12-28-33(18)19-8-2-3-11-35-19/h4,6-7,12,15,19H,2-3,5,8-11,13-14H2,1H3/t15-,19?/m0/s1. The zero-order valence-electron chi connectivity index (χ0n) is 20.5. The predicted octanol–water partition coefficient (Wildman–Crippen LogP) is 4.59. The number of anilines is 1. The summed E-state index contributed by atoms with van der Waals surface area (Å²) in [5, 5.41) is 6.46. The molecule has 0 spiro atoms. The lowest BCUT2D eigenvalue weighted by atomic mass is 10.0. The first-order chi connectivity index (χ1) is 18.2. The molecule has 0 bridgehead atoms. The first-order valence-electron chi connectivity index (χ1n) is 12.7. The van der Waals surface area contributed by atoms with Crippen molar-refractivity contribution in [3.63, 3.8) is 0 Å². The molecule has 0 radical (unpaired) electrons. The largest absolute Gasteiger partial charge is 0.475 e. The average Bonchev–Trinajstić information content (AvgIpc) is 3.15. The summed E-state index contributed by atoms with van der Waals surface area (Å²) in [6.07, 6.45) is 7.46. The van der Waals surface area contributed by atoms with Crippen LogP contribution in [0.15, 0.2) is 29.6 Å². The van der Waals surface area contributed by atoms with Crippen LogP contribution in [0.5, 0.6) is 5.88 Å². The van der Waals surface area contributed by atoms with Crippen molar-refractivity contribution in [2.75, 3.05) is 44.1 Å². The highest BCUT2D eigenvalue weighted by molar-refractivity contribution is 7.98. The third-order valence-corrected chi connectivity index (χ3v) is 7.89. The van der Waals surface area contributed by atoms with Gasteiger partial charge in [0.2, 0.25) is 5.88 Å². The number of fused-ring (bicyclic) bond motifs is 3. The number of rotatable bonds is 3.